The molecule has 0 saturated carbocycles. The van der Waals surface area contributed by atoms with Gasteiger partial charge in [-0.25, -0.2) is 0 Å². The van der Waals surface area contributed by atoms with Crippen LogP contribution in [0.3, 0.4) is 0 Å². The van der Waals surface area contributed by atoms with Gasteiger partial charge in [-0.05, 0) is 25.0 Å². The third kappa shape index (κ3) is 3.98. The Balaban J connectivity index is 2.68. The molecule has 2 N–H and O–H groups in total. The second-order valence-electron chi connectivity index (χ2n) is 4.33. The monoisotopic (exact) mass is 274 g/mol. The molecule has 17 heavy (non-hydrogen) atoms. The van der Waals surface area contributed by atoms with E-state index in [1.54, 1.807) is 4.90 Å². The molecule has 0 fully saturated rings. The summed E-state index contributed by atoms with van der Waals surface area (Å²) in [6.07, 6.45) is 0. The molecule has 0 aliphatic rings. The van der Waals surface area contributed by atoms with E-state index in [0.717, 1.165) is 9.21 Å². The van der Waals surface area contributed by atoms with Crippen LogP contribution in [0.15, 0.2) is 12.1 Å². The molecule has 1 heterocycles. The standard InChI is InChI=1S/C12H19ClN2OS/c1-4-15(12(16)11(14)8(2)3)7-9-5-6-10(13)17-9/h5-6,8,11H,4,7,14H2,1-3H3/t11-/m1/s1. The summed E-state index contributed by atoms with van der Waals surface area (Å²) in [7, 11) is 0. The Morgan fingerprint density at radius 2 is 2.18 bits per heavy atom. The Morgan fingerprint density at radius 3 is 2.59 bits per heavy atom. The van der Waals surface area contributed by atoms with E-state index in [1.165, 1.54) is 11.3 Å². The molecular formula is C12H19ClN2OS. The molecule has 3 nitrogen and oxygen atoms in total. The van der Waals surface area contributed by atoms with Crippen molar-refractivity contribution in [2.45, 2.75) is 33.4 Å². The third-order valence-corrected chi connectivity index (χ3v) is 3.89. The van der Waals surface area contributed by atoms with E-state index in [2.05, 4.69) is 0 Å². The van der Waals surface area contributed by atoms with E-state index in [-0.39, 0.29) is 11.8 Å². The maximum Gasteiger partial charge on any atom is 0.240 e. The van der Waals surface area contributed by atoms with Gasteiger partial charge in [-0.2, -0.15) is 0 Å². The molecule has 0 aliphatic heterocycles. The second kappa shape index (κ2) is 6.38. The van der Waals surface area contributed by atoms with Gasteiger partial charge >= 0.3 is 0 Å². The van der Waals surface area contributed by atoms with Crippen molar-refractivity contribution in [3.05, 3.63) is 21.3 Å². The van der Waals surface area contributed by atoms with E-state index >= 15 is 0 Å². The lowest BCUT2D eigenvalue weighted by molar-refractivity contribution is -0.133. The van der Waals surface area contributed by atoms with Crippen LogP contribution < -0.4 is 5.73 Å². The second-order valence-corrected chi connectivity index (χ2v) is 6.13. The van der Waals surface area contributed by atoms with Crippen LogP contribution in [-0.2, 0) is 11.3 Å². The molecule has 0 unspecified atom stereocenters. The summed E-state index contributed by atoms with van der Waals surface area (Å²) >= 11 is 7.37. The van der Waals surface area contributed by atoms with Gasteiger partial charge in [0.1, 0.15) is 0 Å². The van der Waals surface area contributed by atoms with Crippen LogP contribution in [0, 0.1) is 5.92 Å². The molecule has 1 amide bonds. The highest BCUT2D eigenvalue weighted by Crippen LogP contribution is 2.23. The lowest BCUT2D eigenvalue weighted by atomic mass is 10.0. The van der Waals surface area contributed by atoms with Gasteiger partial charge in [-0.1, -0.05) is 25.4 Å². The summed E-state index contributed by atoms with van der Waals surface area (Å²) in [4.78, 5) is 15.0. The molecule has 1 aromatic heterocycles. The minimum absolute atomic E-state index is 0.00650. The molecule has 1 atom stereocenters. The molecular weight excluding hydrogens is 256 g/mol. The Morgan fingerprint density at radius 1 is 1.53 bits per heavy atom. The fourth-order valence-corrected chi connectivity index (χ4v) is 2.57. The zero-order valence-electron chi connectivity index (χ0n) is 10.4. The molecule has 0 radical (unpaired) electrons. The van der Waals surface area contributed by atoms with Crippen molar-refractivity contribution in [3.63, 3.8) is 0 Å². The zero-order chi connectivity index (χ0) is 13.0. The smallest absolute Gasteiger partial charge is 0.240 e. The van der Waals surface area contributed by atoms with Gasteiger partial charge in [-0.15, -0.1) is 11.3 Å². The van der Waals surface area contributed by atoms with Crippen LogP contribution in [0.5, 0.6) is 0 Å². The number of hydrogen-bond acceptors (Lipinski definition) is 3. The number of nitrogens with zero attached hydrogens (tertiary/aromatic N) is 1. The predicted octanol–water partition coefficient (Wildman–Crippen LogP) is 2.73. The fourth-order valence-electron chi connectivity index (χ4n) is 1.47. The van der Waals surface area contributed by atoms with Crippen molar-refractivity contribution in [1.82, 2.24) is 4.90 Å². The molecule has 1 rings (SSSR count). The summed E-state index contributed by atoms with van der Waals surface area (Å²) in [5, 5.41) is 0. The number of amides is 1. The van der Waals surface area contributed by atoms with E-state index in [4.69, 9.17) is 17.3 Å². The van der Waals surface area contributed by atoms with Crippen molar-refractivity contribution < 1.29 is 4.79 Å². The summed E-state index contributed by atoms with van der Waals surface area (Å²) < 4.78 is 0.747. The Bertz CT molecular complexity index is 378. The first kappa shape index (κ1) is 14.5. The third-order valence-electron chi connectivity index (χ3n) is 2.67. The normalized spacial score (nSPS) is 12.8. The average Bonchev–Trinajstić information content (AvgIpc) is 2.69. The summed E-state index contributed by atoms with van der Waals surface area (Å²) in [5.74, 6) is 0.162. The summed E-state index contributed by atoms with van der Waals surface area (Å²) in [6, 6.07) is 3.37. The van der Waals surface area contributed by atoms with Gasteiger partial charge in [0.05, 0.1) is 16.9 Å². The molecule has 0 spiro atoms. The van der Waals surface area contributed by atoms with Crippen molar-refractivity contribution in [3.8, 4) is 0 Å². The molecule has 0 aromatic carbocycles. The van der Waals surface area contributed by atoms with Crippen LogP contribution in [0.25, 0.3) is 0 Å². The Labute approximate surface area is 112 Å². The number of rotatable bonds is 5. The highest BCUT2D eigenvalue weighted by molar-refractivity contribution is 7.16. The molecule has 1 aromatic rings. The van der Waals surface area contributed by atoms with Gasteiger partial charge in [-0.3, -0.25) is 4.79 Å². The van der Waals surface area contributed by atoms with E-state index in [1.807, 2.05) is 32.9 Å². The first-order chi connectivity index (χ1) is 7.95. The highest BCUT2D eigenvalue weighted by atomic mass is 35.5. The number of hydrogen-bond donors (Lipinski definition) is 1. The van der Waals surface area contributed by atoms with Crippen molar-refractivity contribution in [2.24, 2.45) is 11.7 Å². The summed E-state index contributed by atoms with van der Waals surface area (Å²) in [5.41, 5.74) is 5.88. The van der Waals surface area contributed by atoms with Gasteiger partial charge in [0.2, 0.25) is 5.91 Å². The largest absolute Gasteiger partial charge is 0.336 e. The lowest BCUT2D eigenvalue weighted by Gasteiger charge is -2.25. The van der Waals surface area contributed by atoms with Gasteiger partial charge in [0, 0.05) is 11.4 Å². The van der Waals surface area contributed by atoms with Crippen LogP contribution in [-0.4, -0.2) is 23.4 Å². The highest BCUT2D eigenvalue weighted by Gasteiger charge is 2.22. The number of likely N-dealkylation sites (N-methyl/N-ethyl adjacent to an activating group) is 1. The topological polar surface area (TPSA) is 46.3 Å². The number of thiophene rings is 1. The fraction of sp³-hybridized carbons (Fsp3) is 0.583. The van der Waals surface area contributed by atoms with Crippen LogP contribution in [0.2, 0.25) is 4.34 Å². The molecule has 96 valence electrons. The minimum Gasteiger partial charge on any atom is -0.336 e. The molecule has 5 heteroatoms. The SMILES string of the molecule is CCN(Cc1ccc(Cl)s1)C(=O)[C@H](N)C(C)C. The Hall–Kier alpha value is -0.580. The first-order valence-electron chi connectivity index (χ1n) is 5.74. The van der Waals surface area contributed by atoms with Crippen molar-refractivity contribution in [2.75, 3.05) is 6.54 Å². The van der Waals surface area contributed by atoms with Gasteiger partial charge in [0.15, 0.2) is 0 Å². The van der Waals surface area contributed by atoms with E-state index in [9.17, 15) is 4.79 Å². The first-order valence-corrected chi connectivity index (χ1v) is 6.93. The van der Waals surface area contributed by atoms with Crippen LogP contribution >= 0.6 is 22.9 Å². The predicted molar refractivity (Wildman–Crippen MR) is 73.2 cm³/mol. The van der Waals surface area contributed by atoms with Gasteiger partial charge < -0.3 is 10.6 Å². The summed E-state index contributed by atoms with van der Waals surface area (Å²) in [6.45, 7) is 7.12. The molecule has 0 aliphatic carbocycles. The molecule has 0 bridgehead atoms. The number of nitrogens with two attached hydrogens (primary N) is 1. The van der Waals surface area contributed by atoms with Crippen LogP contribution in [0.1, 0.15) is 25.6 Å². The zero-order valence-corrected chi connectivity index (χ0v) is 12.0. The van der Waals surface area contributed by atoms with Crippen molar-refractivity contribution in [1.29, 1.82) is 0 Å². The van der Waals surface area contributed by atoms with Crippen LogP contribution in [0.4, 0.5) is 0 Å². The Kier molecular flexibility index (Phi) is 5.43. The number of halogens is 1. The maximum atomic E-state index is 12.1. The molecule has 0 saturated heterocycles. The van der Waals surface area contributed by atoms with Crippen molar-refractivity contribution >= 4 is 28.8 Å². The van der Waals surface area contributed by atoms with E-state index in [0.29, 0.717) is 13.1 Å². The average molecular weight is 275 g/mol. The lowest BCUT2D eigenvalue weighted by Crippen LogP contribution is -2.46. The maximum absolute atomic E-state index is 12.1. The number of carbonyl (C=O) groups is 1. The quantitative estimate of drug-likeness (QED) is 0.897. The van der Waals surface area contributed by atoms with Gasteiger partial charge in [0.25, 0.3) is 0 Å². The minimum atomic E-state index is -0.426. The number of carbonyl (C=O) groups excluding carboxylic acids is 1. The van der Waals surface area contributed by atoms with E-state index < -0.39 is 6.04 Å².